The number of allylic oxidation sites excluding steroid dienone is 2. The van der Waals surface area contributed by atoms with Crippen LogP contribution in [0, 0.1) is 55.4 Å². The Hall–Kier alpha value is -6.98. The molecule has 0 saturated heterocycles. The Balaban J connectivity index is 0.000000322. The normalized spacial score (nSPS) is 10.0. The Morgan fingerprint density at radius 2 is 1.33 bits per heavy atom. The number of carboxylic acids is 1. The fourth-order valence-electron chi connectivity index (χ4n) is 5.16. The minimum absolute atomic E-state index is 0. The van der Waals surface area contributed by atoms with E-state index in [1.54, 1.807) is 12.1 Å². The summed E-state index contributed by atoms with van der Waals surface area (Å²) < 4.78 is 0. The molecule has 52 heavy (non-hydrogen) atoms. The molecule has 11 nitrogen and oxygen atoms in total. The number of carbonyl (C=O) groups excluding carboxylic acids is 1. The molecule has 1 aromatic heterocycles. The average molecular weight is 740 g/mol. The molecule has 2 N–H and O–H groups in total. The number of nitriles is 4. The van der Waals surface area contributed by atoms with Crippen LogP contribution in [0.1, 0.15) is 63.0 Å². The molecule has 12 heteroatoms. The molecular weight excluding hydrogens is 710 g/mol. The van der Waals surface area contributed by atoms with Gasteiger partial charge in [0.1, 0.15) is 0 Å². The van der Waals surface area contributed by atoms with Crippen molar-refractivity contribution in [2.24, 2.45) is 0 Å². The van der Waals surface area contributed by atoms with Crippen molar-refractivity contribution in [2.45, 2.75) is 25.7 Å². The second-order valence-electron chi connectivity index (χ2n) is 10.8. The van der Waals surface area contributed by atoms with Crippen molar-refractivity contribution in [3.63, 3.8) is 0 Å². The average Bonchev–Trinajstić information content (AvgIpc) is 3.50. The number of nitrogens with one attached hydrogen (secondary N) is 1. The van der Waals surface area contributed by atoms with Gasteiger partial charge in [-0.05, 0) is 66.4 Å². The molecule has 0 amide bonds. The molecule has 0 radical (unpaired) electrons. The van der Waals surface area contributed by atoms with Crippen molar-refractivity contribution >= 4 is 28.3 Å². The number of nitro benzene ring substituents is 1. The van der Waals surface area contributed by atoms with Gasteiger partial charge in [-0.3, -0.25) is 19.7 Å². The van der Waals surface area contributed by atoms with E-state index in [2.05, 4.69) is 30.3 Å². The van der Waals surface area contributed by atoms with Gasteiger partial charge < -0.3 is 10.1 Å². The van der Waals surface area contributed by atoms with Crippen molar-refractivity contribution < 1.29 is 39.1 Å². The van der Waals surface area contributed by atoms with E-state index in [4.69, 9.17) is 30.9 Å². The maximum Gasteiger partial charge on any atom is 0.300 e. The second-order valence-corrected chi connectivity index (χ2v) is 10.8. The first-order valence-electron chi connectivity index (χ1n) is 15.2. The van der Waals surface area contributed by atoms with Crippen molar-refractivity contribution in [2.75, 3.05) is 0 Å². The van der Waals surface area contributed by atoms with E-state index in [0.29, 0.717) is 22.3 Å². The molecule has 0 aliphatic carbocycles. The summed E-state index contributed by atoms with van der Waals surface area (Å²) >= 11 is 0. The monoisotopic (exact) mass is 738 g/mol. The maximum atomic E-state index is 12.8. The van der Waals surface area contributed by atoms with Gasteiger partial charge in [-0.2, -0.15) is 21.0 Å². The van der Waals surface area contributed by atoms with Gasteiger partial charge in [-0.25, -0.2) is 0 Å². The number of ketones is 1. The van der Waals surface area contributed by atoms with Crippen molar-refractivity contribution in [1.82, 2.24) is 4.98 Å². The van der Waals surface area contributed by atoms with E-state index in [0.717, 1.165) is 47.1 Å². The third-order valence-electron chi connectivity index (χ3n) is 7.44. The maximum absolute atomic E-state index is 12.8. The van der Waals surface area contributed by atoms with Gasteiger partial charge >= 0.3 is 0 Å². The van der Waals surface area contributed by atoms with Crippen LogP contribution in [0.15, 0.2) is 110 Å². The van der Waals surface area contributed by atoms with Gasteiger partial charge in [-0.15, -0.1) is 13.2 Å². The van der Waals surface area contributed by atoms with Crippen LogP contribution < -0.4 is 0 Å². The van der Waals surface area contributed by atoms with E-state index in [-0.39, 0.29) is 48.5 Å². The number of aliphatic carboxylic acids is 1. The first kappa shape index (κ1) is 41.2. The number of fused-ring (bicyclic) bond motifs is 1. The zero-order chi connectivity index (χ0) is 37.5. The van der Waals surface area contributed by atoms with Crippen LogP contribution in [0.25, 0.3) is 22.2 Å². The number of aromatic amines is 1. The number of Topliss-reactive ketones (excluding diaryl/α,β-unsaturated/α-hetero) is 1. The van der Waals surface area contributed by atoms with E-state index in [1.807, 2.05) is 48.5 Å². The van der Waals surface area contributed by atoms with Crippen molar-refractivity contribution in [3.8, 4) is 35.5 Å². The molecule has 0 aliphatic rings. The molecule has 1 atom stereocenters. The molecule has 4 aromatic carbocycles. The van der Waals surface area contributed by atoms with Gasteiger partial charge in [-0.1, -0.05) is 48.6 Å². The quantitative estimate of drug-likeness (QED) is 0.0489. The summed E-state index contributed by atoms with van der Waals surface area (Å²) in [5, 5.41) is 55.6. The second kappa shape index (κ2) is 19.9. The standard InChI is InChI=1S/C19H13N3O3.C19H13N3.C2H4O2.Zn/c1-2-3-17(19(23)15-7-4-13(11-20)5-8-15)16-9-6-14(12-21)10-18(16)22(24)25;1-2-3-17-16-9-6-14(12-21)10-18(16)22-19(17)15-7-4-13(11-20)5-8-15;1-2(3)4;/h2,4-10,17H,1,3H2;2,4-10,22H,1,3H2;1H3,(H,3,4);. The van der Waals surface area contributed by atoms with Gasteiger partial charge in [0.2, 0.25) is 0 Å². The fraction of sp³-hybridized carbons (Fsp3) is 0.100. The predicted octanol–water partition coefficient (Wildman–Crippen LogP) is 8.28. The summed E-state index contributed by atoms with van der Waals surface area (Å²) in [6.45, 7) is 8.53. The topological polar surface area (TPSA) is 208 Å². The van der Waals surface area contributed by atoms with Crippen LogP contribution in [0.4, 0.5) is 5.69 Å². The Morgan fingerprint density at radius 1 is 0.827 bits per heavy atom. The van der Waals surface area contributed by atoms with Gasteiger partial charge in [0.05, 0.1) is 63.1 Å². The number of carboxylic acid groups (broad SMARTS) is 1. The zero-order valence-electron chi connectivity index (χ0n) is 28.2. The molecule has 1 heterocycles. The summed E-state index contributed by atoms with van der Waals surface area (Å²) in [5.74, 6) is -1.93. The van der Waals surface area contributed by atoms with E-state index in [9.17, 15) is 14.9 Å². The van der Waals surface area contributed by atoms with Crippen LogP contribution in [-0.2, 0) is 30.7 Å². The number of aromatic nitrogens is 1. The van der Waals surface area contributed by atoms with Crippen LogP contribution in [-0.4, -0.2) is 26.8 Å². The van der Waals surface area contributed by atoms with Gasteiger partial charge in [0.25, 0.3) is 11.7 Å². The molecule has 1 unspecified atom stereocenters. The minimum atomic E-state index is -0.833. The largest absolute Gasteiger partial charge is 0.481 e. The summed E-state index contributed by atoms with van der Waals surface area (Å²) in [5.41, 5.74) is 6.27. The van der Waals surface area contributed by atoms with Gasteiger partial charge in [0.15, 0.2) is 5.78 Å². The molecule has 252 valence electrons. The van der Waals surface area contributed by atoms with Crippen molar-refractivity contribution in [3.05, 3.63) is 159 Å². The first-order chi connectivity index (χ1) is 24.5. The SMILES string of the molecule is C=CCC(C(=O)c1ccc(C#N)cc1)c1ccc(C#N)cc1[N+](=O)[O-].C=CCc1c(-c2ccc(C#N)cc2)[nH]c2cc(C#N)ccc12.CC(=O)O.[Zn]. The molecule has 5 aromatic rings. The van der Waals surface area contributed by atoms with Crippen molar-refractivity contribution in [1.29, 1.82) is 21.0 Å². The molecule has 0 aliphatic heterocycles. The summed E-state index contributed by atoms with van der Waals surface area (Å²) in [4.78, 5) is 36.0. The van der Waals surface area contributed by atoms with Crippen LogP contribution in [0.3, 0.4) is 0 Å². The molecule has 0 spiro atoms. The molecule has 5 rings (SSSR count). The molecule has 0 saturated carbocycles. The first-order valence-corrected chi connectivity index (χ1v) is 15.2. The summed E-state index contributed by atoms with van der Waals surface area (Å²) in [6.07, 6.45) is 4.34. The third kappa shape index (κ3) is 10.5. The number of H-pyrrole nitrogens is 1. The fourth-order valence-corrected chi connectivity index (χ4v) is 5.16. The Bertz CT molecular complexity index is 2280. The number of hydrogen-bond donors (Lipinski definition) is 2. The number of hydrogen-bond acceptors (Lipinski definition) is 8. The molecule has 0 fully saturated rings. The third-order valence-corrected chi connectivity index (χ3v) is 7.44. The Morgan fingerprint density at radius 3 is 1.83 bits per heavy atom. The number of nitrogens with zero attached hydrogens (tertiary/aromatic N) is 5. The van der Waals surface area contributed by atoms with E-state index < -0.39 is 16.8 Å². The minimum Gasteiger partial charge on any atom is -0.481 e. The van der Waals surface area contributed by atoms with E-state index in [1.165, 1.54) is 42.5 Å². The van der Waals surface area contributed by atoms with Crippen LogP contribution in [0.5, 0.6) is 0 Å². The predicted molar refractivity (Wildman–Crippen MR) is 191 cm³/mol. The Labute approximate surface area is 312 Å². The summed E-state index contributed by atoms with van der Waals surface area (Å²) in [6, 6.07) is 31.4. The smallest absolute Gasteiger partial charge is 0.300 e. The number of carbonyl (C=O) groups is 2. The number of nitro groups is 1. The summed E-state index contributed by atoms with van der Waals surface area (Å²) in [7, 11) is 0. The molecule has 0 bridgehead atoms. The zero-order valence-corrected chi connectivity index (χ0v) is 31.1. The number of benzene rings is 4. The van der Waals surface area contributed by atoms with Crippen LogP contribution in [0.2, 0.25) is 0 Å². The van der Waals surface area contributed by atoms with Gasteiger partial charge in [0, 0.05) is 54.5 Å². The van der Waals surface area contributed by atoms with Crippen LogP contribution >= 0.6 is 0 Å². The Kier molecular flexibility index (Phi) is 15.7. The van der Waals surface area contributed by atoms with E-state index >= 15 is 0 Å². The molecular formula is C40H30N6O5Zn. The number of rotatable bonds is 9.